The summed E-state index contributed by atoms with van der Waals surface area (Å²) in [6.45, 7) is 1.38. The number of hydrazine groups is 1. The monoisotopic (exact) mass is 370 g/mol. The summed E-state index contributed by atoms with van der Waals surface area (Å²) >= 11 is 3.23. The molecule has 0 saturated heterocycles. The van der Waals surface area contributed by atoms with Crippen LogP contribution in [0.5, 0.6) is 0 Å². The van der Waals surface area contributed by atoms with Gasteiger partial charge in [0.2, 0.25) is 5.91 Å². The summed E-state index contributed by atoms with van der Waals surface area (Å²) < 4.78 is 0.742. The summed E-state index contributed by atoms with van der Waals surface area (Å²) in [6, 6.07) is 0.986. The van der Waals surface area contributed by atoms with Gasteiger partial charge < -0.3 is 10.3 Å². The van der Waals surface area contributed by atoms with Crippen molar-refractivity contribution in [2.24, 2.45) is 5.92 Å². The van der Waals surface area contributed by atoms with Gasteiger partial charge in [0, 0.05) is 17.6 Å². The van der Waals surface area contributed by atoms with Crippen LogP contribution in [0, 0.1) is 5.92 Å². The van der Waals surface area contributed by atoms with E-state index in [1.165, 1.54) is 6.92 Å². The average Bonchev–Trinajstić information content (AvgIpc) is 3.12. The highest BCUT2D eigenvalue weighted by atomic mass is 79.9. The maximum absolute atomic E-state index is 12.2. The third kappa shape index (κ3) is 4.33. The van der Waals surface area contributed by atoms with Crippen molar-refractivity contribution in [3.8, 4) is 0 Å². The first-order valence-electron chi connectivity index (χ1n) is 7.18. The van der Waals surface area contributed by atoms with Gasteiger partial charge in [-0.1, -0.05) is 12.8 Å². The number of halogens is 1. The summed E-state index contributed by atoms with van der Waals surface area (Å²) in [7, 11) is 0. The molecule has 2 rings (SSSR count). The molecule has 1 saturated carbocycles. The third-order valence-corrected chi connectivity index (χ3v) is 4.16. The highest BCUT2D eigenvalue weighted by Crippen LogP contribution is 2.27. The molecule has 0 spiro atoms. The molecule has 1 heterocycles. The summed E-state index contributed by atoms with van der Waals surface area (Å²) in [5, 5.41) is 2.67. The zero-order valence-electron chi connectivity index (χ0n) is 12.2. The number of H-pyrrole nitrogens is 1. The minimum absolute atomic E-state index is 0.112. The van der Waals surface area contributed by atoms with Gasteiger partial charge in [-0.05, 0) is 40.8 Å². The number of amides is 3. The topological polar surface area (TPSA) is 103 Å². The molecule has 1 aliphatic carbocycles. The van der Waals surface area contributed by atoms with Gasteiger partial charge in [-0.2, -0.15) is 0 Å². The minimum atomic E-state index is -0.615. The molecular weight excluding hydrogens is 352 g/mol. The molecule has 1 aromatic heterocycles. The lowest BCUT2D eigenvalue weighted by molar-refractivity contribution is -0.129. The lowest BCUT2D eigenvalue weighted by Gasteiger charge is -2.23. The van der Waals surface area contributed by atoms with Gasteiger partial charge in [0.1, 0.15) is 11.7 Å². The Morgan fingerprint density at radius 3 is 2.50 bits per heavy atom. The van der Waals surface area contributed by atoms with E-state index < -0.39 is 17.9 Å². The number of carbonyl (C=O) groups is 3. The first kappa shape index (κ1) is 16.5. The van der Waals surface area contributed by atoms with Crippen molar-refractivity contribution in [1.29, 1.82) is 0 Å². The van der Waals surface area contributed by atoms with E-state index in [1.54, 1.807) is 12.3 Å². The van der Waals surface area contributed by atoms with E-state index in [4.69, 9.17) is 0 Å². The Morgan fingerprint density at radius 1 is 1.27 bits per heavy atom. The Morgan fingerprint density at radius 2 is 1.95 bits per heavy atom. The summed E-state index contributed by atoms with van der Waals surface area (Å²) in [4.78, 5) is 38.2. The number of hydrogen-bond donors (Lipinski definition) is 4. The smallest absolute Gasteiger partial charge is 0.286 e. The first-order valence-corrected chi connectivity index (χ1v) is 7.98. The van der Waals surface area contributed by atoms with E-state index in [9.17, 15) is 14.4 Å². The molecule has 22 heavy (non-hydrogen) atoms. The average molecular weight is 371 g/mol. The van der Waals surface area contributed by atoms with E-state index in [0.717, 1.165) is 30.2 Å². The van der Waals surface area contributed by atoms with E-state index in [2.05, 4.69) is 37.1 Å². The highest BCUT2D eigenvalue weighted by molar-refractivity contribution is 9.10. The van der Waals surface area contributed by atoms with Gasteiger partial charge in [-0.15, -0.1) is 0 Å². The number of aromatic nitrogens is 1. The molecule has 1 unspecified atom stereocenters. The van der Waals surface area contributed by atoms with Crippen LogP contribution in [0.15, 0.2) is 16.7 Å². The first-order chi connectivity index (χ1) is 10.5. The van der Waals surface area contributed by atoms with Gasteiger partial charge in [0.15, 0.2) is 0 Å². The second kappa shape index (κ2) is 7.44. The predicted molar refractivity (Wildman–Crippen MR) is 83.7 cm³/mol. The molecule has 0 bridgehead atoms. The standard InChI is InChI=1S/C14H19BrN4O3/c1-8(20)17-12(9-4-2-3-5-9)14(22)19-18-13(21)11-6-10(15)7-16-11/h6-7,9,12,16H,2-5H2,1H3,(H,17,20)(H,18,21)(H,19,22). The van der Waals surface area contributed by atoms with Crippen molar-refractivity contribution in [2.75, 3.05) is 0 Å². The van der Waals surface area contributed by atoms with E-state index >= 15 is 0 Å². The molecule has 1 atom stereocenters. The lowest BCUT2D eigenvalue weighted by Crippen LogP contribution is -2.54. The maximum Gasteiger partial charge on any atom is 0.286 e. The zero-order chi connectivity index (χ0) is 16.1. The second-order valence-corrected chi connectivity index (χ2v) is 6.31. The Labute approximate surface area is 136 Å². The molecular formula is C14H19BrN4O3. The van der Waals surface area contributed by atoms with Crippen LogP contribution >= 0.6 is 15.9 Å². The molecule has 0 aromatic carbocycles. The van der Waals surface area contributed by atoms with Gasteiger partial charge in [0.25, 0.3) is 11.8 Å². The molecule has 1 aliphatic rings. The molecule has 7 nitrogen and oxygen atoms in total. The number of hydrogen-bond acceptors (Lipinski definition) is 3. The van der Waals surface area contributed by atoms with Crippen molar-refractivity contribution in [3.63, 3.8) is 0 Å². The number of rotatable bonds is 4. The molecule has 8 heteroatoms. The van der Waals surface area contributed by atoms with Gasteiger partial charge >= 0.3 is 0 Å². The summed E-state index contributed by atoms with van der Waals surface area (Å²) in [5.74, 6) is -1.000. The largest absolute Gasteiger partial charge is 0.356 e. The predicted octanol–water partition coefficient (Wildman–Crippen LogP) is 1.23. The van der Waals surface area contributed by atoms with Gasteiger partial charge in [-0.3, -0.25) is 25.2 Å². The summed E-state index contributed by atoms with van der Waals surface area (Å²) in [6.07, 6.45) is 5.52. The lowest BCUT2D eigenvalue weighted by atomic mass is 9.97. The van der Waals surface area contributed by atoms with Crippen molar-refractivity contribution < 1.29 is 14.4 Å². The van der Waals surface area contributed by atoms with Crippen LogP contribution in [-0.4, -0.2) is 28.7 Å². The normalized spacial score (nSPS) is 16.1. The molecule has 0 aliphatic heterocycles. The van der Waals surface area contributed by atoms with Gasteiger partial charge in [-0.25, -0.2) is 0 Å². The van der Waals surface area contributed by atoms with E-state index in [1.807, 2.05) is 0 Å². The van der Waals surface area contributed by atoms with Crippen LogP contribution < -0.4 is 16.2 Å². The van der Waals surface area contributed by atoms with Crippen LogP contribution in [0.1, 0.15) is 43.1 Å². The van der Waals surface area contributed by atoms with Crippen molar-refractivity contribution in [1.82, 2.24) is 21.2 Å². The number of nitrogens with one attached hydrogen (secondary N) is 4. The van der Waals surface area contributed by atoms with Gasteiger partial charge in [0.05, 0.1) is 0 Å². The number of carbonyl (C=O) groups excluding carboxylic acids is 3. The van der Waals surface area contributed by atoms with Crippen molar-refractivity contribution in [2.45, 2.75) is 38.6 Å². The molecule has 1 aromatic rings. The van der Waals surface area contributed by atoms with Crippen LogP contribution in [-0.2, 0) is 9.59 Å². The fourth-order valence-electron chi connectivity index (χ4n) is 2.67. The maximum atomic E-state index is 12.2. The van der Waals surface area contributed by atoms with Crippen molar-refractivity contribution in [3.05, 3.63) is 22.4 Å². The highest BCUT2D eigenvalue weighted by Gasteiger charge is 2.31. The fraction of sp³-hybridized carbons (Fsp3) is 0.500. The molecule has 4 N–H and O–H groups in total. The van der Waals surface area contributed by atoms with E-state index in [0.29, 0.717) is 5.69 Å². The number of aromatic amines is 1. The Kier molecular flexibility index (Phi) is 5.59. The van der Waals surface area contributed by atoms with Crippen LogP contribution in [0.4, 0.5) is 0 Å². The minimum Gasteiger partial charge on any atom is -0.356 e. The molecule has 0 radical (unpaired) electrons. The van der Waals surface area contributed by atoms with Crippen molar-refractivity contribution >= 4 is 33.7 Å². The quantitative estimate of drug-likeness (QED) is 0.599. The SMILES string of the molecule is CC(=O)NC(C(=O)NNC(=O)c1cc(Br)c[nH]1)C1CCCC1. The Bertz CT molecular complexity index is 566. The molecule has 120 valence electrons. The third-order valence-electron chi connectivity index (χ3n) is 3.70. The fourth-order valence-corrected chi connectivity index (χ4v) is 3.01. The molecule has 3 amide bonds. The Balaban J connectivity index is 1.92. The zero-order valence-corrected chi connectivity index (χ0v) is 13.8. The molecule has 1 fully saturated rings. The van der Waals surface area contributed by atoms with Crippen LogP contribution in [0.2, 0.25) is 0 Å². The van der Waals surface area contributed by atoms with E-state index in [-0.39, 0.29) is 11.8 Å². The Hall–Kier alpha value is -1.83. The second-order valence-electron chi connectivity index (χ2n) is 5.40. The van der Waals surface area contributed by atoms with Crippen LogP contribution in [0.3, 0.4) is 0 Å². The van der Waals surface area contributed by atoms with Crippen LogP contribution in [0.25, 0.3) is 0 Å². The summed E-state index contributed by atoms with van der Waals surface area (Å²) in [5.41, 5.74) is 5.05.